The highest BCUT2D eigenvalue weighted by Crippen LogP contribution is 2.27. The summed E-state index contributed by atoms with van der Waals surface area (Å²) >= 11 is 1.82. The van der Waals surface area contributed by atoms with E-state index in [1.807, 2.05) is 59.7 Å². The molecule has 3 heterocycles. The summed E-state index contributed by atoms with van der Waals surface area (Å²) in [5.74, 6) is 0.119. The van der Waals surface area contributed by atoms with Gasteiger partial charge in [-0.25, -0.2) is 0 Å². The van der Waals surface area contributed by atoms with E-state index in [1.54, 1.807) is 6.20 Å². The van der Waals surface area contributed by atoms with Crippen molar-refractivity contribution >= 4 is 17.2 Å². The number of hydrogen-bond donors (Lipinski definition) is 0. The molecule has 5 heteroatoms. The maximum absolute atomic E-state index is 13.1. The van der Waals surface area contributed by atoms with Crippen LogP contribution in [0.2, 0.25) is 0 Å². The lowest BCUT2D eigenvalue weighted by Gasteiger charge is -2.32. The summed E-state index contributed by atoms with van der Waals surface area (Å²) in [6.07, 6.45) is 2.82. The van der Waals surface area contributed by atoms with Crippen molar-refractivity contribution in [3.63, 3.8) is 0 Å². The summed E-state index contributed by atoms with van der Waals surface area (Å²) in [4.78, 5) is 23.2. The fourth-order valence-electron chi connectivity index (χ4n) is 3.65. The Morgan fingerprint density at radius 3 is 2.78 bits per heavy atom. The maximum Gasteiger partial charge on any atom is 0.237 e. The van der Waals surface area contributed by atoms with Crippen molar-refractivity contribution in [3.8, 4) is 0 Å². The highest BCUT2D eigenvalue weighted by molar-refractivity contribution is 7.10. The molecule has 0 saturated carbocycles. The summed E-state index contributed by atoms with van der Waals surface area (Å²) < 4.78 is 0. The molecule has 138 valence electrons. The molecular formula is C22H23N3OS. The van der Waals surface area contributed by atoms with E-state index in [2.05, 4.69) is 33.5 Å². The minimum Gasteiger partial charge on any atom is -0.332 e. The number of thiophene rings is 1. The van der Waals surface area contributed by atoms with Crippen molar-refractivity contribution in [2.24, 2.45) is 0 Å². The number of benzene rings is 1. The number of nitrogens with zero attached hydrogens (tertiary/aromatic N) is 3. The molecule has 4 nitrogen and oxygen atoms in total. The zero-order valence-electron chi connectivity index (χ0n) is 15.4. The summed E-state index contributed by atoms with van der Waals surface area (Å²) in [6.45, 7) is 2.23. The molecule has 1 aliphatic heterocycles. The second kappa shape index (κ2) is 8.03. The van der Waals surface area contributed by atoms with Gasteiger partial charge in [0.1, 0.15) is 0 Å². The average molecular weight is 378 g/mol. The van der Waals surface area contributed by atoms with Gasteiger partial charge in [0.2, 0.25) is 5.91 Å². The van der Waals surface area contributed by atoms with Gasteiger partial charge in [0.05, 0.1) is 18.3 Å². The van der Waals surface area contributed by atoms with Crippen LogP contribution in [0.4, 0.5) is 0 Å². The molecule has 1 aliphatic rings. The van der Waals surface area contributed by atoms with Crippen molar-refractivity contribution in [1.29, 1.82) is 0 Å². The van der Waals surface area contributed by atoms with Crippen molar-refractivity contribution in [2.75, 3.05) is 20.1 Å². The summed E-state index contributed by atoms with van der Waals surface area (Å²) in [5, 5.41) is 2.15. The van der Waals surface area contributed by atoms with Gasteiger partial charge in [0.15, 0.2) is 0 Å². The summed E-state index contributed by atoms with van der Waals surface area (Å²) in [7, 11) is 1.88. The average Bonchev–Trinajstić information content (AvgIpc) is 3.17. The van der Waals surface area contributed by atoms with Crippen molar-refractivity contribution in [1.82, 2.24) is 14.8 Å². The number of likely N-dealkylation sites (N-methyl/N-ethyl adjacent to an activating group) is 1. The first-order valence-electron chi connectivity index (χ1n) is 9.21. The Balaban J connectivity index is 1.53. The molecule has 0 fully saturated rings. The van der Waals surface area contributed by atoms with Crippen LogP contribution in [0.25, 0.3) is 0 Å². The summed E-state index contributed by atoms with van der Waals surface area (Å²) in [6, 6.07) is 18.0. The molecule has 0 N–H and O–H groups in total. The molecule has 0 aliphatic carbocycles. The van der Waals surface area contributed by atoms with E-state index in [4.69, 9.17) is 0 Å². The molecule has 0 saturated heterocycles. The smallest absolute Gasteiger partial charge is 0.237 e. The van der Waals surface area contributed by atoms with Gasteiger partial charge >= 0.3 is 0 Å². The second-order valence-electron chi connectivity index (χ2n) is 6.90. The van der Waals surface area contributed by atoms with Gasteiger partial charge in [-0.15, -0.1) is 11.3 Å². The van der Waals surface area contributed by atoms with E-state index < -0.39 is 0 Å². The quantitative estimate of drug-likeness (QED) is 0.679. The Morgan fingerprint density at radius 2 is 2.00 bits per heavy atom. The minimum absolute atomic E-state index is 0.119. The van der Waals surface area contributed by atoms with Crippen LogP contribution in [0.5, 0.6) is 0 Å². The molecule has 0 radical (unpaired) electrons. The van der Waals surface area contributed by atoms with Crippen LogP contribution >= 0.6 is 11.3 Å². The molecule has 1 aromatic carbocycles. The van der Waals surface area contributed by atoms with Gasteiger partial charge in [-0.05, 0) is 41.1 Å². The number of aromatic nitrogens is 1. The molecule has 0 unspecified atom stereocenters. The number of fused-ring (bicyclic) bond motifs is 1. The zero-order chi connectivity index (χ0) is 18.6. The van der Waals surface area contributed by atoms with Crippen LogP contribution < -0.4 is 0 Å². The number of amides is 1. The number of carbonyl (C=O) groups excluding carboxylic acids is 1. The predicted molar refractivity (Wildman–Crippen MR) is 109 cm³/mol. The third-order valence-corrected chi connectivity index (χ3v) is 6.13. The van der Waals surface area contributed by atoms with Crippen LogP contribution in [0.3, 0.4) is 0 Å². The molecule has 1 atom stereocenters. The van der Waals surface area contributed by atoms with Gasteiger partial charge in [-0.2, -0.15) is 0 Å². The van der Waals surface area contributed by atoms with E-state index in [-0.39, 0.29) is 11.9 Å². The van der Waals surface area contributed by atoms with E-state index >= 15 is 0 Å². The van der Waals surface area contributed by atoms with Crippen molar-refractivity contribution in [2.45, 2.75) is 19.0 Å². The lowest BCUT2D eigenvalue weighted by Crippen LogP contribution is -2.42. The van der Waals surface area contributed by atoms with Crippen molar-refractivity contribution in [3.05, 3.63) is 87.9 Å². The molecule has 1 amide bonds. The number of carbonyl (C=O) groups is 1. The minimum atomic E-state index is -0.179. The fraction of sp³-hybridized carbons (Fsp3) is 0.273. The van der Waals surface area contributed by atoms with Gasteiger partial charge in [-0.1, -0.05) is 36.4 Å². The second-order valence-corrected chi connectivity index (χ2v) is 7.90. The molecule has 4 rings (SSSR count). The van der Waals surface area contributed by atoms with Crippen LogP contribution in [0, 0.1) is 0 Å². The third-order valence-electron chi connectivity index (χ3n) is 5.11. The number of hydrogen-bond acceptors (Lipinski definition) is 4. The normalized spacial score (nSPS) is 15.1. The highest BCUT2D eigenvalue weighted by Gasteiger charge is 2.27. The Morgan fingerprint density at radius 1 is 1.19 bits per heavy atom. The maximum atomic E-state index is 13.1. The lowest BCUT2D eigenvalue weighted by molar-refractivity contribution is -0.132. The Kier molecular flexibility index (Phi) is 5.32. The SMILES string of the molecule is CN(C(=O)CN1CCc2sccc2C1)[C@H](c1ccccc1)c1ccccn1. The highest BCUT2D eigenvalue weighted by atomic mass is 32.1. The topological polar surface area (TPSA) is 36.4 Å². The van der Waals surface area contributed by atoms with Gasteiger partial charge < -0.3 is 4.90 Å². The van der Waals surface area contributed by atoms with Gasteiger partial charge in [0, 0.05) is 31.2 Å². The van der Waals surface area contributed by atoms with Crippen LogP contribution in [-0.4, -0.2) is 40.8 Å². The molecule has 0 spiro atoms. The van der Waals surface area contributed by atoms with E-state index in [1.165, 1.54) is 10.4 Å². The number of rotatable bonds is 5. The Hall–Kier alpha value is -2.50. The molecule has 27 heavy (non-hydrogen) atoms. The molecule has 3 aromatic rings. The van der Waals surface area contributed by atoms with Crippen LogP contribution in [0.1, 0.15) is 27.7 Å². The Labute approximate surface area is 164 Å². The molecule has 0 bridgehead atoms. The number of pyridine rings is 1. The first-order valence-corrected chi connectivity index (χ1v) is 10.1. The monoisotopic (exact) mass is 377 g/mol. The largest absolute Gasteiger partial charge is 0.332 e. The first-order chi connectivity index (χ1) is 13.2. The summed E-state index contributed by atoms with van der Waals surface area (Å²) in [5.41, 5.74) is 3.33. The first kappa shape index (κ1) is 17.9. The predicted octanol–water partition coefficient (Wildman–Crippen LogP) is 3.75. The van der Waals surface area contributed by atoms with E-state index in [0.717, 1.165) is 30.8 Å². The van der Waals surface area contributed by atoms with Gasteiger partial charge in [0.25, 0.3) is 0 Å². The van der Waals surface area contributed by atoms with Crippen molar-refractivity contribution < 1.29 is 4.79 Å². The fourth-order valence-corrected chi connectivity index (χ4v) is 4.54. The lowest BCUT2D eigenvalue weighted by atomic mass is 10.0. The van der Waals surface area contributed by atoms with E-state index in [9.17, 15) is 4.79 Å². The van der Waals surface area contributed by atoms with Gasteiger partial charge in [-0.3, -0.25) is 14.7 Å². The molecule has 2 aromatic heterocycles. The van der Waals surface area contributed by atoms with Crippen LogP contribution in [-0.2, 0) is 17.8 Å². The zero-order valence-corrected chi connectivity index (χ0v) is 16.2. The van der Waals surface area contributed by atoms with E-state index in [0.29, 0.717) is 6.54 Å². The third kappa shape index (κ3) is 3.94. The standard InChI is InChI=1S/C22H23N3OS/c1-24(21(26)16-25-13-10-20-18(15-25)11-14-27-20)22(17-7-3-2-4-8-17)19-9-5-6-12-23-19/h2-9,11-12,14,22H,10,13,15-16H2,1H3/t22-/m1/s1. The molecular weight excluding hydrogens is 354 g/mol. The Bertz CT molecular complexity index is 855. The van der Waals surface area contributed by atoms with Crippen LogP contribution in [0.15, 0.2) is 66.2 Å².